The van der Waals surface area contributed by atoms with E-state index in [2.05, 4.69) is 21.0 Å². The fourth-order valence-corrected chi connectivity index (χ4v) is 7.16. The lowest BCUT2D eigenvalue weighted by molar-refractivity contribution is -0.137. The molecule has 3 aromatic rings. The Labute approximate surface area is 253 Å². The molecule has 2 aliphatic rings. The molecule has 6 nitrogen and oxygen atoms in total. The largest absolute Gasteiger partial charge is 0.416 e. The molecule has 3 aromatic carbocycles. The van der Waals surface area contributed by atoms with Gasteiger partial charge < -0.3 is 5.32 Å². The van der Waals surface area contributed by atoms with Crippen LogP contribution in [0.2, 0.25) is 0 Å². The van der Waals surface area contributed by atoms with Gasteiger partial charge in [-0.2, -0.15) is 13.2 Å². The van der Waals surface area contributed by atoms with E-state index in [4.69, 9.17) is 0 Å². The minimum absolute atomic E-state index is 0.280. The highest BCUT2D eigenvalue weighted by molar-refractivity contribution is 7.89. The lowest BCUT2D eigenvalue weighted by Gasteiger charge is -2.30. The summed E-state index contributed by atoms with van der Waals surface area (Å²) in [6.07, 6.45) is -2.42. The summed E-state index contributed by atoms with van der Waals surface area (Å²) < 4.78 is 95.6. The van der Waals surface area contributed by atoms with Gasteiger partial charge in [-0.15, -0.1) is 0 Å². The van der Waals surface area contributed by atoms with E-state index in [-0.39, 0.29) is 18.0 Å². The van der Waals surface area contributed by atoms with E-state index < -0.39 is 50.6 Å². The highest BCUT2D eigenvalue weighted by Crippen LogP contribution is 2.33. The van der Waals surface area contributed by atoms with Crippen molar-refractivity contribution >= 4 is 15.9 Å². The molecule has 0 radical (unpaired) electrons. The predicted octanol–water partition coefficient (Wildman–Crippen LogP) is 6.38. The molecule has 1 heterocycles. The quantitative estimate of drug-likeness (QED) is 0.268. The molecule has 1 aliphatic heterocycles. The molecule has 1 saturated heterocycles. The number of aryl methyl sites for hydroxylation is 1. The minimum atomic E-state index is -4.74. The van der Waals surface area contributed by atoms with Gasteiger partial charge in [0, 0.05) is 26.1 Å². The van der Waals surface area contributed by atoms with Crippen molar-refractivity contribution in [2.45, 2.75) is 74.4 Å². The van der Waals surface area contributed by atoms with E-state index in [0.29, 0.717) is 38.4 Å². The van der Waals surface area contributed by atoms with Crippen molar-refractivity contribution in [2.24, 2.45) is 0 Å². The first-order valence-corrected chi connectivity index (χ1v) is 16.1. The zero-order valence-corrected chi connectivity index (χ0v) is 24.7. The maximum atomic E-state index is 13.7. The van der Waals surface area contributed by atoms with E-state index in [1.807, 2.05) is 12.1 Å². The van der Waals surface area contributed by atoms with Gasteiger partial charge in [-0.3, -0.25) is 9.69 Å². The highest BCUT2D eigenvalue weighted by Gasteiger charge is 2.33. The predicted molar refractivity (Wildman–Crippen MR) is 155 cm³/mol. The Balaban J connectivity index is 1.31. The zero-order chi connectivity index (χ0) is 31.5. The van der Waals surface area contributed by atoms with Gasteiger partial charge in [-0.25, -0.2) is 21.9 Å². The maximum Gasteiger partial charge on any atom is 0.416 e. The van der Waals surface area contributed by atoms with Gasteiger partial charge in [0.1, 0.15) is 12.0 Å². The molecule has 1 fully saturated rings. The second-order valence-electron chi connectivity index (χ2n) is 11.5. The van der Waals surface area contributed by atoms with Gasteiger partial charge in [0.25, 0.3) is 0 Å². The zero-order valence-electron chi connectivity index (χ0n) is 23.9. The maximum absolute atomic E-state index is 13.7. The number of amides is 1. The monoisotopic (exact) mass is 635 g/mol. The summed E-state index contributed by atoms with van der Waals surface area (Å²) in [6, 6.07) is 12.9. The molecule has 0 bridgehead atoms. The number of alkyl halides is 4. The molecule has 2 N–H and O–H groups in total. The number of fused-ring (bicyclic) bond motifs is 1. The number of piperidine rings is 1. The van der Waals surface area contributed by atoms with E-state index in [9.17, 15) is 35.2 Å². The van der Waals surface area contributed by atoms with E-state index in [0.717, 1.165) is 66.4 Å². The van der Waals surface area contributed by atoms with Gasteiger partial charge >= 0.3 is 6.18 Å². The lowest BCUT2D eigenvalue weighted by Crippen LogP contribution is -2.36. The second kappa shape index (κ2) is 13.3. The van der Waals surface area contributed by atoms with Gasteiger partial charge in [-0.1, -0.05) is 36.4 Å². The van der Waals surface area contributed by atoms with Gasteiger partial charge in [-0.05, 0) is 84.7 Å². The Hall–Kier alpha value is -3.35. The Morgan fingerprint density at radius 2 is 1.70 bits per heavy atom. The first-order valence-electron chi connectivity index (χ1n) is 14.6. The summed E-state index contributed by atoms with van der Waals surface area (Å²) in [5.74, 6) is -1.04. The molecule has 0 aromatic heterocycles. The van der Waals surface area contributed by atoms with Gasteiger partial charge in [0.05, 0.1) is 22.5 Å². The smallest absolute Gasteiger partial charge is 0.349 e. The SMILES string of the molecule is O=C(C[C@@H](NS(=O)(=O)c1cccc(C(F)(F)F)c1)c1ccc(F)cc1)N[C@@H]1CCCc2cc(CN3CCC(F)CC3)ccc21. The van der Waals surface area contributed by atoms with Crippen LogP contribution in [-0.4, -0.2) is 38.5 Å². The Morgan fingerprint density at radius 3 is 2.41 bits per heavy atom. The van der Waals surface area contributed by atoms with Crippen molar-refractivity contribution in [3.63, 3.8) is 0 Å². The number of benzene rings is 3. The molecule has 0 spiro atoms. The number of hydrogen-bond donors (Lipinski definition) is 2. The number of nitrogens with one attached hydrogen (secondary N) is 2. The Kier molecular flexibility index (Phi) is 9.71. The van der Waals surface area contributed by atoms with Crippen LogP contribution in [0.15, 0.2) is 71.6 Å². The van der Waals surface area contributed by atoms with Crippen LogP contribution < -0.4 is 10.0 Å². The average molecular weight is 636 g/mol. The first kappa shape index (κ1) is 32.1. The van der Waals surface area contributed by atoms with E-state index in [1.54, 1.807) is 0 Å². The van der Waals surface area contributed by atoms with Gasteiger partial charge in [0.15, 0.2) is 0 Å². The number of halogens is 5. The minimum Gasteiger partial charge on any atom is -0.349 e. The van der Waals surface area contributed by atoms with Crippen LogP contribution in [0.25, 0.3) is 0 Å². The first-order chi connectivity index (χ1) is 20.9. The van der Waals surface area contributed by atoms with Crippen LogP contribution in [0.5, 0.6) is 0 Å². The summed E-state index contributed by atoms with van der Waals surface area (Å²) in [5.41, 5.74) is 2.36. The summed E-state index contributed by atoms with van der Waals surface area (Å²) in [7, 11) is -4.50. The molecular formula is C32H34F5N3O3S. The Bertz CT molecular complexity index is 1570. The summed E-state index contributed by atoms with van der Waals surface area (Å²) >= 11 is 0. The number of rotatable bonds is 9. The van der Waals surface area contributed by atoms with E-state index >= 15 is 0 Å². The van der Waals surface area contributed by atoms with Crippen molar-refractivity contribution in [2.75, 3.05) is 13.1 Å². The molecule has 12 heteroatoms. The third kappa shape index (κ3) is 8.02. The van der Waals surface area contributed by atoms with Crippen LogP contribution in [0.4, 0.5) is 22.0 Å². The normalized spacial score (nSPS) is 18.9. The van der Waals surface area contributed by atoms with Crippen LogP contribution in [0, 0.1) is 5.82 Å². The third-order valence-electron chi connectivity index (χ3n) is 8.21. The third-order valence-corrected chi connectivity index (χ3v) is 9.68. The van der Waals surface area contributed by atoms with Crippen molar-refractivity contribution in [3.8, 4) is 0 Å². The Morgan fingerprint density at radius 1 is 0.977 bits per heavy atom. The molecule has 5 rings (SSSR count). The molecule has 0 unspecified atom stereocenters. The standard InChI is InChI=1S/C32H34F5N3O3S/c33-25-10-8-22(9-11-25)30(39-44(42,43)27-5-2-4-24(18-27)32(35,36)37)19-31(41)38-29-6-1-3-23-17-21(7-12-28(23)29)20-40-15-13-26(34)14-16-40/h2,4-5,7-12,17-18,26,29-30,39H,1,3,6,13-16,19-20H2,(H,38,41)/t29-,30-/m1/s1. The molecule has 1 aliphatic carbocycles. The number of hydrogen-bond acceptors (Lipinski definition) is 4. The van der Waals surface area contributed by atoms with Crippen LogP contribution in [0.3, 0.4) is 0 Å². The van der Waals surface area contributed by atoms with Crippen molar-refractivity contribution in [1.82, 2.24) is 14.9 Å². The lowest BCUT2D eigenvalue weighted by atomic mass is 9.86. The molecule has 236 valence electrons. The summed E-state index contributed by atoms with van der Waals surface area (Å²) in [4.78, 5) is 15.0. The number of carbonyl (C=O) groups excluding carboxylic acids is 1. The molecule has 44 heavy (non-hydrogen) atoms. The number of likely N-dealkylation sites (tertiary alicyclic amines) is 1. The number of nitrogens with zero attached hydrogens (tertiary/aromatic N) is 1. The van der Waals surface area contributed by atoms with Crippen LogP contribution in [0.1, 0.15) is 72.0 Å². The fourth-order valence-electron chi connectivity index (χ4n) is 5.89. The second-order valence-corrected chi connectivity index (χ2v) is 13.2. The van der Waals surface area contributed by atoms with Crippen molar-refractivity contribution in [3.05, 3.63) is 100 Å². The number of carbonyl (C=O) groups is 1. The van der Waals surface area contributed by atoms with Crippen LogP contribution in [-0.2, 0) is 34.0 Å². The van der Waals surface area contributed by atoms with E-state index in [1.165, 1.54) is 12.1 Å². The average Bonchev–Trinajstić information content (AvgIpc) is 2.98. The van der Waals surface area contributed by atoms with Gasteiger partial charge in [0.2, 0.25) is 15.9 Å². The molecule has 2 atom stereocenters. The molecule has 1 amide bonds. The summed E-state index contributed by atoms with van der Waals surface area (Å²) in [6.45, 7) is 2.15. The molecule has 0 saturated carbocycles. The topological polar surface area (TPSA) is 78.5 Å². The van der Waals surface area contributed by atoms with Crippen molar-refractivity contribution < 1.29 is 35.2 Å². The number of sulfonamides is 1. The summed E-state index contributed by atoms with van der Waals surface area (Å²) in [5, 5.41) is 3.00. The van der Waals surface area contributed by atoms with Crippen LogP contribution >= 0.6 is 0 Å². The highest BCUT2D eigenvalue weighted by atomic mass is 32.2. The van der Waals surface area contributed by atoms with Crippen molar-refractivity contribution in [1.29, 1.82) is 0 Å². The molecular weight excluding hydrogens is 601 g/mol. The fraction of sp³-hybridized carbons (Fsp3) is 0.406.